The number of carbonyl (C=O) groups is 1. The van der Waals surface area contributed by atoms with Gasteiger partial charge in [-0.25, -0.2) is 13.4 Å². The normalized spacial score (nSPS) is 11.8. The third-order valence-electron chi connectivity index (χ3n) is 4.11. The van der Waals surface area contributed by atoms with Gasteiger partial charge in [-0.3, -0.25) is 4.79 Å². The van der Waals surface area contributed by atoms with Crippen molar-refractivity contribution in [3.63, 3.8) is 0 Å². The van der Waals surface area contributed by atoms with Crippen LogP contribution in [-0.2, 0) is 21.4 Å². The molecule has 1 amide bonds. The van der Waals surface area contributed by atoms with E-state index >= 15 is 0 Å². The molecule has 136 valence electrons. The molecule has 26 heavy (non-hydrogen) atoms. The quantitative estimate of drug-likeness (QED) is 0.661. The van der Waals surface area contributed by atoms with Gasteiger partial charge in [0.2, 0.25) is 15.9 Å². The van der Waals surface area contributed by atoms with Gasteiger partial charge < -0.3 is 9.30 Å². The molecule has 0 radical (unpaired) electrons. The third-order valence-corrected chi connectivity index (χ3v) is 5.37. The monoisotopic (exact) mass is 372 g/mol. The van der Waals surface area contributed by atoms with Gasteiger partial charge in [-0.1, -0.05) is 24.3 Å². The van der Waals surface area contributed by atoms with Gasteiger partial charge in [0.05, 0.1) is 31.2 Å². The second-order valence-electron chi connectivity index (χ2n) is 6.01. The fourth-order valence-corrected chi connectivity index (χ4v) is 2.93. The van der Waals surface area contributed by atoms with Crippen molar-refractivity contribution >= 4 is 27.3 Å². The Balaban J connectivity index is 1.93. The number of aromatic nitrogens is 2. The zero-order chi connectivity index (χ0) is 18.7. The third kappa shape index (κ3) is 3.92. The number of likely N-dealkylation sites (N-methyl/N-ethyl adjacent to an activating group) is 1. The molecule has 0 unspecified atom stereocenters. The summed E-state index contributed by atoms with van der Waals surface area (Å²) in [7, 11) is -2.05. The fraction of sp³-hybridized carbons (Fsp3) is 0.222. The number of sulfonamides is 1. The molecule has 0 aliphatic heterocycles. The van der Waals surface area contributed by atoms with Crippen LogP contribution in [0.3, 0.4) is 0 Å². The van der Waals surface area contributed by atoms with Gasteiger partial charge >= 0.3 is 0 Å². The summed E-state index contributed by atoms with van der Waals surface area (Å²) in [4.78, 5) is 18.8. The number of benzene rings is 1. The number of imidazole rings is 1. The topological polar surface area (TPSA) is 75.0 Å². The zero-order valence-corrected chi connectivity index (χ0v) is 15.4. The lowest BCUT2D eigenvalue weighted by atomic mass is 10.2. The SMILES string of the molecule is CN(CC(=O)N(Cc1cnc2ccccn12)c1ccccc1)S(C)(=O)=O. The van der Waals surface area contributed by atoms with Crippen LogP contribution in [0.5, 0.6) is 0 Å². The maximum Gasteiger partial charge on any atom is 0.242 e. The van der Waals surface area contributed by atoms with Crippen LogP contribution in [0.15, 0.2) is 60.9 Å². The van der Waals surface area contributed by atoms with Gasteiger partial charge in [-0.05, 0) is 24.3 Å². The molecule has 0 N–H and O–H groups in total. The summed E-state index contributed by atoms with van der Waals surface area (Å²) in [5.74, 6) is -0.310. The summed E-state index contributed by atoms with van der Waals surface area (Å²) in [6, 6.07) is 14.9. The lowest BCUT2D eigenvalue weighted by Gasteiger charge is -2.25. The molecule has 2 heterocycles. The lowest BCUT2D eigenvalue weighted by Crippen LogP contribution is -2.40. The summed E-state index contributed by atoms with van der Waals surface area (Å²) < 4.78 is 26.3. The molecule has 8 heteroatoms. The first-order valence-corrected chi connectivity index (χ1v) is 9.89. The standard InChI is InChI=1S/C18H20N4O3S/c1-20(26(2,24)25)14-18(23)22(15-8-4-3-5-9-15)13-16-12-19-17-10-6-7-11-21(16)17/h3-12H,13-14H2,1-2H3. The molecule has 2 aromatic heterocycles. The van der Waals surface area contributed by atoms with E-state index in [9.17, 15) is 13.2 Å². The Morgan fingerprint density at radius 2 is 1.81 bits per heavy atom. The Morgan fingerprint density at radius 1 is 1.12 bits per heavy atom. The molecule has 1 aromatic carbocycles. The second-order valence-corrected chi connectivity index (χ2v) is 8.10. The molecule has 0 fully saturated rings. The summed E-state index contributed by atoms with van der Waals surface area (Å²) in [6.45, 7) is 0.0517. The van der Waals surface area contributed by atoms with Gasteiger partial charge in [-0.2, -0.15) is 4.31 Å². The molecule has 0 spiro atoms. The Kier molecular flexibility index (Phi) is 5.06. The highest BCUT2D eigenvalue weighted by atomic mass is 32.2. The van der Waals surface area contributed by atoms with E-state index < -0.39 is 10.0 Å². The number of pyridine rings is 1. The maximum atomic E-state index is 12.9. The van der Waals surface area contributed by atoms with Crippen LogP contribution in [-0.4, -0.2) is 47.9 Å². The van der Waals surface area contributed by atoms with Gasteiger partial charge in [0.1, 0.15) is 5.65 Å². The van der Waals surface area contributed by atoms with E-state index in [0.29, 0.717) is 5.69 Å². The highest BCUT2D eigenvalue weighted by Crippen LogP contribution is 2.18. The number of para-hydroxylation sites is 1. The molecule has 3 aromatic rings. The number of amides is 1. The first kappa shape index (κ1) is 18.1. The fourth-order valence-electron chi connectivity index (χ4n) is 2.59. The predicted molar refractivity (Wildman–Crippen MR) is 100 cm³/mol. The number of rotatable bonds is 6. The number of hydrogen-bond donors (Lipinski definition) is 0. The number of nitrogens with zero attached hydrogens (tertiary/aromatic N) is 4. The van der Waals surface area contributed by atoms with E-state index in [-0.39, 0.29) is 19.0 Å². The first-order valence-electron chi connectivity index (χ1n) is 8.04. The minimum Gasteiger partial charge on any atom is -0.305 e. The second kappa shape index (κ2) is 7.27. The first-order chi connectivity index (χ1) is 12.4. The van der Waals surface area contributed by atoms with Crippen molar-refractivity contribution in [1.82, 2.24) is 13.7 Å². The minimum absolute atomic E-state index is 0.232. The average Bonchev–Trinajstić information content (AvgIpc) is 3.02. The summed E-state index contributed by atoms with van der Waals surface area (Å²) >= 11 is 0. The minimum atomic E-state index is -3.44. The molecular weight excluding hydrogens is 352 g/mol. The van der Waals surface area contributed by atoms with Gasteiger partial charge in [-0.15, -0.1) is 0 Å². The molecule has 0 saturated heterocycles. The predicted octanol–water partition coefficient (Wildman–Crippen LogP) is 1.76. The van der Waals surface area contributed by atoms with Crippen LogP contribution in [0.25, 0.3) is 5.65 Å². The van der Waals surface area contributed by atoms with Crippen molar-refractivity contribution < 1.29 is 13.2 Å². The van der Waals surface area contributed by atoms with E-state index in [4.69, 9.17) is 0 Å². The van der Waals surface area contributed by atoms with E-state index in [2.05, 4.69) is 4.98 Å². The number of carbonyl (C=O) groups excluding carboxylic acids is 1. The number of fused-ring (bicyclic) bond motifs is 1. The summed E-state index contributed by atoms with van der Waals surface area (Å²) in [6.07, 6.45) is 4.68. The van der Waals surface area contributed by atoms with Crippen molar-refractivity contribution in [2.75, 3.05) is 24.7 Å². The zero-order valence-electron chi connectivity index (χ0n) is 14.6. The number of hydrogen-bond acceptors (Lipinski definition) is 4. The molecule has 0 atom stereocenters. The summed E-state index contributed by atoms with van der Waals surface area (Å²) in [5, 5.41) is 0. The molecule has 0 aliphatic rings. The van der Waals surface area contributed by atoms with Gasteiger partial charge in [0.25, 0.3) is 0 Å². The average molecular weight is 372 g/mol. The van der Waals surface area contributed by atoms with Gasteiger partial charge in [0.15, 0.2) is 0 Å². The molecule has 3 rings (SSSR count). The highest BCUT2D eigenvalue weighted by Gasteiger charge is 2.22. The largest absolute Gasteiger partial charge is 0.305 e. The molecule has 0 bridgehead atoms. The summed E-state index contributed by atoms with van der Waals surface area (Å²) in [5.41, 5.74) is 2.32. The van der Waals surface area contributed by atoms with Gasteiger partial charge in [0, 0.05) is 18.9 Å². The van der Waals surface area contributed by atoms with Crippen LogP contribution < -0.4 is 4.90 Å². The Bertz CT molecular complexity index is 1020. The van der Waals surface area contributed by atoms with E-state index in [1.165, 1.54) is 7.05 Å². The molecular formula is C18H20N4O3S. The van der Waals surface area contributed by atoms with Crippen molar-refractivity contribution in [3.05, 3.63) is 66.6 Å². The molecule has 0 saturated carbocycles. The molecule has 0 aliphatic carbocycles. The maximum absolute atomic E-state index is 12.9. The van der Waals surface area contributed by atoms with E-state index in [1.807, 2.05) is 59.1 Å². The lowest BCUT2D eigenvalue weighted by molar-refractivity contribution is -0.118. The van der Waals surface area contributed by atoms with Crippen molar-refractivity contribution in [2.24, 2.45) is 0 Å². The molecule has 7 nitrogen and oxygen atoms in total. The van der Waals surface area contributed by atoms with E-state index in [1.54, 1.807) is 11.1 Å². The highest BCUT2D eigenvalue weighted by molar-refractivity contribution is 7.88. The van der Waals surface area contributed by atoms with Crippen LogP contribution in [0.1, 0.15) is 5.69 Å². The Morgan fingerprint density at radius 3 is 2.50 bits per heavy atom. The van der Waals surface area contributed by atoms with Crippen LogP contribution >= 0.6 is 0 Å². The number of anilines is 1. The van der Waals surface area contributed by atoms with Crippen molar-refractivity contribution in [3.8, 4) is 0 Å². The van der Waals surface area contributed by atoms with E-state index in [0.717, 1.165) is 21.9 Å². The van der Waals surface area contributed by atoms with Crippen molar-refractivity contribution in [2.45, 2.75) is 6.54 Å². The van der Waals surface area contributed by atoms with Crippen LogP contribution in [0.2, 0.25) is 0 Å². The van der Waals surface area contributed by atoms with Crippen LogP contribution in [0, 0.1) is 0 Å². The smallest absolute Gasteiger partial charge is 0.242 e. The van der Waals surface area contributed by atoms with Crippen molar-refractivity contribution in [1.29, 1.82) is 0 Å². The van der Waals surface area contributed by atoms with Crippen LogP contribution in [0.4, 0.5) is 5.69 Å². The Hall–Kier alpha value is -2.71. The Labute approximate surface area is 152 Å².